The Hall–Kier alpha value is -2.17. The minimum atomic E-state index is 0.669. The summed E-state index contributed by atoms with van der Waals surface area (Å²) in [5.41, 5.74) is 3.20. The molecule has 2 aromatic rings. The van der Waals surface area contributed by atoms with E-state index in [1.807, 2.05) is 32.3 Å². The molecule has 0 radical (unpaired) electrons. The van der Waals surface area contributed by atoms with Crippen LogP contribution in [0, 0.1) is 13.8 Å². The van der Waals surface area contributed by atoms with Crippen molar-refractivity contribution in [3.8, 4) is 0 Å². The predicted molar refractivity (Wildman–Crippen MR) is 81.9 cm³/mol. The van der Waals surface area contributed by atoms with Gasteiger partial charge < -0.3 is 10.6 Å². The lowest BCUT2D eigenvalue weighted by atomic mass is 10.2. The number of rotatable bonds is 6. The fourth-order valence-electron chi connectivity index (χ4n) is 1.73. The molecule has 0 saturated heterocycles. The molecule has 2 rings (SSSR count). The first-order valence-electron chi connectivity index (χ1n) is 6.92. The summed E-state index contributed by atoms with van der Waals surface area (Å²) in [6.45, 7) is 7.68. The summed E-state index contributed by atoms with van der Waals surface area (Å²) < 4.78 is 0. The molecule has 0 bridgehead atoms. The molecule has 0 fully saturated rings. The summed E-state index contributed by atoms with van der Waals surface area (Å²) in [5, 5.41) is 6.53. The van der Waals surface area contributed by atoms with Gasteiger partial charge in [-0.3, -0.25) is 4.98 Å². The molecule has 106 valence electrons. The SMILES string of the molecule is CCCNc1ncc(C)c(NCc2ccc(C)nc2)n1. The average molecular weight is 271 g/mol. The van der Waals surface area contributed by atoms with Crippen LogP contribution >= 0.6 is 0 Å². The van der Waals surface area contributed by atoms with Crippen LogP contribution in [0.15, 0.2) is 24.5 Å². The molecule has 0 amide bonds. The second-order valence-corrected chi connectivity index (χ2v) is 4.81. The van der Waals surface area contributed by atoms with Crippen LogP contribution in [0.4, 0.5) is 11.8 Å². The Kier molecular flexibility index (Phi) is 4.87. The van der Waals surface area contributed by atoms with E-state index in [9.17, 15) is 0 Å². The topological polar surface area (TPSA) is 62.7 Å². The lowest BCUT2D eigenvalue weighted by Gasteiger charge is -2.10. The Balaban J connectivity index is 2.02. The van der Waals surface area contributed by atoms with Crippen LogP contribution < -0.4 is 10.6 Å². The van der Waals surface area contributed by atoms with Gasteiger partial charge in [-0.2, -0.15) is 4.98 Å². The quantitative estimate of drug-likeness (QED) is 0.845. The number of aryl methyl sites for hydroxylation is 2. The van der Waals surface area contributed by atoms with Gasteiger partial charge >= 0.3 is 0 Å². The summed E-state index contributed by atoms with van der Waals surface area (Å²) >= 11 is 0. The van der Waals surface area contributed by atoms with Crippen molar-refractivity contribution in [2.24, 2.45) is 0 Å². The van der Waals surface area contributed by atoms with Gasteiger partial charge in [0.15, 0.2) is 0 Å². The van der Waals surface area contributed by atoms with Crippen molar-refractivity contribution in [1.82, 2.24) is 15.0 Å². The van der Waals surface area contributed by atoms with E-state index in [0.29, 0.717) is 12.5 Å². The zero-order valence-electron chi connectivity index (χ0n) is 12.3. The second kappa shape index (κ2) is 6.84. The first kappa shape index (κ1) is 14.2. The maximum atomic E-state index is 4.49. The number of hydrogen-bond donors (Lipinski definition) is 2. The summed E-state index contributed by atoms with van der Waals surface area (Å²) in [6, 6.07) is 4.08. The van der Waals surface area contributed by atoms with Crippen molar-refractivity contribution in [3.63, 3.8) is 0 Å². The number of nitrogens with zero attached hydrogens (tertiary/aromatic N) is 3. The van der Waals surface area contributed by atoms with Crippen molar-refractivity contribution in [3.05, 3.63) is 41.3 Å². The van der Waals surface area contributed by atoms with E-state index in [4.69, 9.17) is 0 Å². The Morgan fingerprint density at radius 1 is 1.05 bits per heavy atom. The van der Waals surface area contributed by atoms with Gasteiger partial charge in [-0.05, 0) is 31.9 Å². The molecule has 2 heterocycles. The van der Waals surface area contributed by atoms with Gasteiger partial charge in [0.05, 0.1) is 0 Å². The molecule has 0 aromatic carbocycles. The Bertz CT molecular complexity index is 551. The van der Waals surface area contributed by atoms with Crippen LogP contribution in [0.3, 0.4) is 0 Å². The third kappa shape index (κ3) is 3.91. The van der Waals surface area contributed by atoms with E-state index in [1.165, 1.54) is 0 Å². The van der Waals surface area contributed by atoms with Gasteiger partial charge in [-0.15, -0.1) is 0 Å². The molecule has 5 heteroatoms. The molecule has 0 aliphatic heterocycles. The first-order valence-corrected chi connectivity index (χ1v) is 6.92. The molecule has 0 spiro atoms. The fourth-order valence-corrected chi connectivity index (χ4v) is 1.73. The molecular formula is C15H21N5. The minimum Gasteiger partial charge on any atom is -0.366 e. The standard InChI is InChI=1S/C15H21N5/c1-4-7-16-15-19-8-11(2)14(20-15)18-10-13-6-5-12(3)17-9-13/h5-6,8-9H,4,7,10H2,1-3H3,(H2,16,18,19,20). The van der Waals surface area contributed by atoms with Crippen LogP contribution in [0.1, 0.15) is 30.2 Å². The summed E-state index contributed by atoms with van der Waals surface area (Å²) in [4.78, 5) is 13.0. The fraction of sp³-hybridized carbons (Fsp3) is 0.400. The molecular weight excluding hydrogens is 250 g/mol. The molecule has 0 unspecified atom stereocenters. The lowest BCUT2D eigenvalue weighted by molar-refractivity contribution is 0.946. The van der Waals surface area contributed by atoms with Crippen molar-refractivity contribution < 1.29 is 0 Å². The molecule has 2 N–H and O–H groups in total. The van der Waals surface area contributed by atoms with E-state index in [2.05, 4.69) is 38.6 Å². The highest BCUT2D eigenvalue weighted by Gasteiger charge is 2.03. The lowest BCUT2D eigenvalue weighted by Crippen LogP contribution is -2.09. The third-order valence-corrected chi connectivity index (χ3v) is 2.94. The van der Waals surface area contributed by atoms with Crippen molar-refractivity contribution in [2.45, 2.75) is 33.7 Å². The zero-order valence-corrected chi connectivity index (χ0v) is 12.3. The van der Waals surface area contributed by atoms with E-state index in [-0.39, 0.29) is 0 Å². The smallest absolute Gasteiger partial charge is 0.224 e. The van der Waals surface area contributed by atoms with Gasteiger partial charge in [0, 0.05) is 36.7 Å². The normalized spacial score (nSPS) is 10.3. The highest BCUT2D eigenvalue weighted by molar-refractivity contribution is 5.46. The van der Waals surface area contributed by atoms with Crippen molar-refractivity contribution in [2.75, 3.05) is 17.2 Å². The van der Waals surface area contributed by atoms with Crippen LogP contribution in [0.2, 0.25) is 0 Å². The summed E-state index contributed by atoms with van der Waals surface area (Å²) in [6.07, 6.45) is 4.77. The van der Waals surface area contributed by atoms with Gasteiger partial charge in [-0.25, -0.2) is 4.98 Å². The minimum absolute atomic E-state index is 0.669. The molecule has 2 aromatic heterocycles. The number of pyridine rings is 1. The van der Waals surface area contributed by atoms with Gasteiger partial charge in [0.1, 0.15) is 5.82 Å². The van der Waals surface area contributed by atoms with E-state index < -0.39 is 0 Å². The van der Waals surface area contributed by atoms with Gasteiger partial charge in [0.2, 0.25) is 5.95 Å². The number of nitrogens with one attached hydrogen (secondary N) is 2. The van der Waals surface area contributed by atoms with E-state index >= 15 is 0 Å². The average Bonchev–Trinajstić information content (AvgIpc) is 2.46. The molecule has 0 aliphatic rings. The Morgan fingerprint density at radius 3 is 2.60 bits per heavy atom. The van der Waals surface area contributed by atoms with Gasteiger partial charge in [-0.1, -0.05) is 13.0 Å². The highest BCUT2D eigenvalue weighted by atomic mass is 15.1. The van der Waals surface area contributed by atoms with Gasteiger partial charge in [0.25, 0.3) is 0 Å². The maximum absolute atomic E-state index is 4.49. The monoisotopic (exact) mass is 271 g/mol. The molecule has 20 heavy (non-hydrogen) atoms. The van der Waals surface area contributed by atoms with Crippen LogP contribution in [-0.2, 0) is 6.54 Å². The van der Waals surface area contributed by atoms with E-state index in [0.717, 1.165) is 35.6 Å². The summed E-state index contributed by atoms with van der Waals surface area (Å²) in [7, 11) is 0. The Morgan fingerprint density at radius 2 is 1.90 bits per heavy atom. The first-order chi connectivity index (χ1) is 9.69. The molecule has 0 saturated carbocycles. The molecule has 0 aliphatic carbocycles. The number of aromatic nitrogens is 3. The number of hydrogen-bond acceptors (Lipinski definition) is 5. The van der Waals surface area contributed by atoms with E-state index in [1.54, 1.807) is 0 Å². The predicted octanol–water partition coefficient (Wildman–Crippen LogP) is 2.92. The van der Waals surface area contributed by atoms with Crippen LogP contribution in [0.25, 0.3) is 0 Å². The van der Waals surface area contributed by atoms with Crippen molar-refractivity contribution in [1.29, 1.82) is 0 Å². The van der Waals surface area contributed by atoms with Crippen molar-refractivity contribution >= 4 is 11.8 Å². The zero-order chi connectivity index (χ0) is 14.4. The maximum Gasteiger partial charge on any atom is 0.224 e. The molecule has 5 nitrogen and oxygen atoms in total. The second-order valence-electron chi connectivity index (χ2n) is 4.81. The van der Waals surface area contributed by atoms with Crippen LogP contribution in [-0.4, -0.2) is 21.5 Å². The third-order valence-electron chi connectivity index (χ3n) is 2.94. The Labute approximate surface area is 119 Å². The summed E-state index contributed by atoms with van der Waals surface area (Å²) in [5.74, 6) is 1.53. The number of anilines is 2. The van der Waals surface area contributed by atoms with Crippen LogP contribution in [0.5, 0.6) is 0 Å². The highest BCUT2D eigenvalue weighted by Crippen LogP contribution is 2.13. The molecule has 0 atom stereocenters. The largest absolute Gasteiger partial charge is 0.366 e.